The molecule has 0 radical (unpaired) electrons. The van der Waals surface area contributed by atoms with Gasteiger partial charge in [0.15, 0.2) is 0 Å². The van der Waals surface area contributed by atoms with Crippen LogP contribution in [0.1, 0.15) is 12.5 Å². The van der Waals surface area contributed by atoms with Gasteiger partial charge in [0.25, 0.3) is 0 Å². The highest BCUT2D eigenvalue weighted by Crippen LogP contribution is 2.33. The van der Waals surface area contributed by atoms with Crippen molar-refractivity contribution in [1.82, 2.24) is 4.98 Å². The largest absolute Gasteiger partial charge is 0.275 e. The summed E-state index contributed by atoms with van der Waals surface area (Å²) in [4.78, 5) is 4.03. The number of hydrogen-bond acceptors (Lipinski definition) is 3. The minimum Gasteiger partial charge on any atom is -0.275 e. The van der Waals surface area contributed by atoms with Gasteiger partial charge >= 0.3 is 0 Å². The van der Waals surface area contributed by atoms with Crippen LogP contribution in [0.3, 0.4) is 0 Å². The molecule has 98 valence electrons. The minimum atomic E-state index is 0.417. The SMILES string of the molecule is C/C(=N/Nc1c(Cl)cc(Cl)cc1Cl)c1cccnc1. The van der Waals surface area contributed by atoms with E-state index in [0.717, 1.165) is 11.3 Å². The first-order valence-electron chi connectivity index (χ1n) is 5.43. The van der Waals surface area contributed by atoms with Crippen molar-refractivity contribution < 1.29 is 0 Å². The average molecular weight is 315 g/mol. The summed E-state index contributed by atoms with van der Waals surface area (Å²) in [6, 6.07) is 6.97. The first-order valence-corrected chi connectivity index (χ1v) is 6.56. The molecule has 0 bridgehead atoms. The molecule has 19 heavy (non-hydrogen) atoms. The van der Waals surface area contributed by atoms with Crippen molar-refractivity contribution in [1.29, 1.82) is 0 Å². The van der Waals surface area contributed by atoms with Crippen molar-refractivity contribution in [2.45, 2.75) is 6.92 Å². The Morgan fingerprint density at radius 2 is 1.89 bits per heavy atom. The molecule has 0 saturated carbocycles. The maximum absolute atomic E-state index is 6.05. The summed E-state index contributed by atoms with van der Waals surface area (Å²) in [5.74, 6) is 0. The zero-order chi connectivity index (χ0) is 13.8. The number of aromatic nitrogens is 1. The van der Waals surface area contributed by atoms with Crippen LogP contribution in [-0.2, 0) is 0 Å². The molecule has 0 atom stereocenters. The third-order valence-corrected chi connectivity index (χ3v) is 3.24. The molecule has 2 aromatic rings. The fraction of sp³-hybridized carbons (Fsp3) is 0.0769. The summed E-state index contributed by atoms with van der Waals surface area (Å²) in [5.41, 5.74) is 5.05. The van der Waals surface area contributed by atoms with Gasteiger partial charge in [0.1, 0.15) is 0 Å². The zero-order valence-corrected chi connectivity index (χ0v) is 12.3. The lowest BCUT2D eigenvalue weighted by Gasteiger charge is -2.08. The molecule has 0 aliphatic rings. The van der Waals surface area contributed by atoms with Crippen LogP contribution in [-0.4, -0.2) is 10.7 Å². The standard InChI is InChI=1S/C13H10Cl3N3/c1-8(9-3-2-4-17-7-9)18-19-13-11(15)5-10(14)6-12(13)16/h2-7,19H,1H3/b18-8-. The number of nitrogens with one attached hydrogen (secondary N) is 1. The second kappa shape index (κ2) is 6.24. The molecule has 6 heteroatoms. The van der Waals surface area contributed by atoms with E-state index in [1.165, 1.54) is 0 Å². The number of benzene rings is 1. The molecule has 1 aromatic heterocycles. The van der Waals surface area contributed by atoms with Gasteiger partial charge in [0.05, 0.1) is 21.4 Å². The van der Waals surface area contributed by atoms with Crippen LogP contribution in [0, 0.1) is 0 Å². The Bertz CT molecular complexity index is 589. The first-order chi connectivity index (χ1) is 9.08. The van der Waals surface area contributed by atoms with Gasteiger partial charge < -0.3 is 0 Å². The Labute approximate surface area is 126 Å². The predicted octanol–water partition coefficient (Wildman–Crippen LogP) is 4.88. The van der Waals surface area contributed by atoms with Crippen LogP contribution in [0.25, 0.3) is 0 Å². The lowest BCUT2D eigenvalue weighted by Crippen LogP contribution is -2.00. The van der Waals surface area contributed by atoms with Crippen LogP contribution in [0.15, 0.2) is 41.8 Å². The minimum absolute atomic E-state index is 0.417. The van der Waals surface area contributed by atoms with E-state index in [1.807, 2.05) is 19.1 Å². The summed E-state index contributed by atoms with van der Waals surface area (Å²) in [5, 5.41) is 5.54. The molecule has 0 fully saturated rings. The Balaban J connectivity index is 2.23. The number of pyridine rings is 1. The molecule has 0 saturated heterocycles. The van der Waals surface area contributed by atoms with E-state index < -0.39 is 0 Å². The van der Waals surface area contributed by atoms with E-state index in [2.05, 4.69) is 15.5 Å². The molecule has 1 N–H and O–H groups in total. The number of halogens is 3. The molecule has 0 spiro atoms. The van der Waals surface area contributed by atoms with Gasteiger partial charge in [0, 0.05) is 23.0 Å². The van der Waals surface area contributed by atoms with Gasteiger partial charge in [-0.05, 0) is 25.1 Å². The lowest BCUT2D eigenvalue weighted by atomic mass is 10.2. The molecule has 3 nitrogen and oxygen atoms in total. The molecule has 0 aliphatic heterocycles. The van der Waals surface area contributed by atoms with Crippen molar-refractivity contribution in [3.8, 4) is 0 Å². The molecule has 0 amide bonds. The van der Waals surface area contributed by atoms with E-state index in [0.29, 0.717) is 20.8 Å². The number of anilines is 1. The van der Waals surface area contributed by atoms with Crippen LogP contribution >= 0.6 is 34.8 Å². The highest BCUT2D eigenvalue weighted by atomic mass is 35.5. The maximum Gasteiger partial charge on any atom is 0.0935 e. The smallest absolute Gasteiger partial charge is 0.0935 e. The molecular weight excluding hydrogens is 305 g/mol. The topological polar surface area (TPSA) is 37.3 Å². The predicted molar refractivity (Wildman–Crippen MR) is 81.5 cm³/mol. The molecule has 1 aromatic carbocycles. The Morgan fingerprint density at radius 1 is 1.21 bits per heavy atom. The van der Waals surface area contributed by atoms with Gasteiger partial charge in [0.2, 0.25) is 0 Å². The second-order valence-electron chi connectivity index (χ2n) is 3.80. The van der Waals surface area contributed by atoms with Crippen LogP contribution < -0.4 is 5.43 Å². The normalized spacial score (nSPS) is 11.5. The third-order valence-electron chi connectivity index (χ3n) is 2.42. The van der Waals surface area contributed by atoms with Crippen molar-refractivity contribution in [2.24, 2.45) is 5.10 Å². The van der Waals surface area contributed by atoms with Gasteiger partial charge in [-0.25, -0.2) is 0 Å². The Hall–Kier alpha value is -1.29. The van der Waals surface area contributed by atoms with Crippen LogP contribution in [0.2, 0.25) is 15.1 Å². The molecule has 0 aliphatic carbocycles. The lowest BCUT2D eigenvalue weighted by molar-refractivity contribution is 1.28. The van der Waals surface area contributed by atoms with E-state index in [-0.39, 0.29) is 0 Å². The fourth-order valence-corrected chi connectivity index (χ4v) is 2.33. The van der Waals surface area contributed by atoms with Crippen molar-refractivity contribution >= 4 is 46.2 Å². The summed E-state index contributed by atoms with van der Waals surface area (Å²) >= 11 is 17.9. The highest BCUT2D eigenvalue weighted by Gasteiger charge is 2.07. The number of hydrogen-bond donors (Lipinski definition) is 1. The maximum atomic E-state index is 6.05. The van der Waals surface area contributed by atoms with E-state index in [4.69, 9.17) is 34.8 Å². The van der Waals surface area contributed by atoms with E-state index >= 15 is 0 Å². The third kappa shape index (κ3) is 3.60. The zero-order valence-electron chi connectivity index (χ0n) is 9.99. The first kappa shape index (κ1) is 14.1. The van der Waals surface area contributed by atoms with Crippen LogP contribution in [0.4, 0.5) is 5.69 Å². The monoisotopic (exact) mass is 313 g/mol. The molecule has 0 unspecified atom stereocenters. The number of rotatable bonds is 3. The molecular formula is C13H10Cl3N3. The number of nitrogens with zero attached hydrogens (tertiary/aromatic N) is 2. The van der Waals surface area contributed by atoms with Crippen molar-refractivity contribution in [3.63, 3.8) is 0 Å². The van der Waals surface area contributed by atoms with Gasteiger partial charge in [-0.2, -0.15) is 5.10 Å². The average Bonchev–Trinajstić information content (AvgIpc) is 2.38. The fourth-order valence-electron chi connectivity index (χ4n) is 1.43. The molecule has 2 rings (SSSR count). The summed E-state index contributed by atoms with van der Waals surface area (Å²) in [6.45, 7) is 1.86. The van der Waals surface area contributed by atoms with Gasteiger partial charge in [-0.3, -0.25) is 10.4 Å². The van der Waals surface area contributed by atoms with E-state index in [9.17, 15) is 0 Å². The Morgan fingerprint density at radius 3 is 2.47 bits per heavy atom. The molecule has 1 heterocycles. The van der Waals surface area contributed by atoms with Crippen molar-refractivity contribution in [3.05, 3.63) is 57.3 Å². The second-order valence-corrected chi connectivity index (χ2v) is 5.05. The highest BCUT2D eigenvalue weighted by molar-refractivity contribution is 6.41. The van der Waals surface area contributed by atoms with Gasteiger partial charge in [-0.1, -0.05) is 40.9 Å². The van der Waals surface area contributed by atoms with Crippen LogP contribution in [0.5, 0.6) is 0 Å². The quantitative estimate of drug-likeness (QED) is 0.647. The summed E-state index contributed by atoms with van der Waals surface area (Å²) < 4.78 is 0. The van der Waals surface area contributed by atoms with E-state index in [1.54, 1.807) is 24.5 Å². The summed E-state index contributed by atoms with van der Waals surface area (Å²) in [7, 11) is 0. The summed E-state index contributed by atoms with van der Waals surface area (Å²) in [6.07, 6.45) is 3.43. The van der Waals surface area contributed by atoms with Gasteiger partial charge in [-0.15, -0.1) is 0 Å². The Kier molecular flexibility index (Phi) is 4.64. The van der Waals surface area contributed by atoms with Crippen molar-refractivity contribution in [2.75, 3.05) is 5.43 Å². The number of hydrazone groups is 1.